The Hall–Kier alpha value is -1.63. The van der Waals surface area contributed by atoms with Crippen molar-refractivity contribution in [3.8, 4) is 11.1 Å². The zero-order valence-corrected chi connectivity index (χ0v) is 25.8. The van der Waals surface area contributed by atoms with E-state index < -0.39 is 0 Å². The molecule has 220 valence electrons. The van der Waals surface area contributed by atoms with Crippen LogP contribution in [-0.2, 0) is 0 Å². The van der Waals surface area contributed by atoms with Gasteiger partial charge in [0.25, 0.3) is 0 Å². The summed E-state index contributed by atoms with van der Waals surface area (Å²) in [5.41, 5.74) is 4.63. The zero-order valence-electron chi connectivity index (χ0n) is 25.8. The molecule has 5 rings (SSSR count). The third-order valence-corrected chi connectivity index (χ3v) is 11.5. The predicted octanol–water partition coefficient (Wildman–Crippen LogP) is 12.6. The summed E-state index contributed by atoms with van der Waals surface area (Å²) in [6.45, 7) is 4.60. The average Bonchev–Trinajstić information content (AvgIpc) is 3.01. The first-order valence-electron chi connectivity index (χ1n) is 17.5. The van der Waals surface area contributed by atoms with Gasteiger partial charge in [0, 0.05) is 0 Å². The van der Waals surface area contributed by atoms with Gasteiger partial charge in [-0.05, 0) is 128 Å². The van der Waals surface area contributed by atoms with E-state index in [-0.39, 0.29) is 5.82 Å². The zero-order chi connectivity index (χ0) is 27.7. The van der Waals surface area contributed by atoms with Crippen LogP contribution in [0, 0.1) is 29.5 Å². The topological polar surface area (TPSA) is 0 Å². The highest BCUT2D eigenvalue weighted by Crippen LogP contribution is 2.45. The Morgan fingerprint density at radius 3 is 1.68 bits per heavy atom. The minimum Gasteiger partial charge on any atom is -0.207 e. The lowest BCUT2D eigenvalue weighted by molar-refractivity contribution is 0.155. The van der Waals surface area contributed by atoms with Gasteiger partial charge in [0.1, 0.15) is 5.82 Å². The maximum atomic E-state index is 15.3. The first kappa shape index (κ1) is 29.8. The van der Waals surface area contributed by atoms with E-state index in [1.807, 2.05) is 0 Å². The molecule has 3 aliphatic carbocycles. The molecule has 3 aliphatic rings. The van der Waals surface area contributed by atoms with Crippen molar-refractivity contribution < 1.29 is 4.39 Å². The molecule has 1 heteroatoms. The maximum absolute atomic E-state index is 15.3. The van der Waals surface area contributed by atoms with Crippen molar-refractivity contribution >= 4 is 0 Å². The molecule has 0 amide bonds. The number of halogens is 1. The summed E-state index contributed by atoms with van der Waals surface area (Å²) >= 11 is 0. The van der Waals surface area contributed by atoms with Crippen molar-refractivity contribution in [1.82, 2.24) is 0 Å². The standard InChI is InChI=1S/C39H57F/c1-3-5-7-9-30-10-14-31(15-11-30)32-18-20-33(21-19-32)34-22-24-35(25-23-34)37-26-27-38(39(40)28-37)36-16-12-29(13-17-36)8-6-4-2/h22-33,36H,3-21H2,1-2H3. The summed E-state index contributed by atoms with van der Waals surface area (Å²) in [5, 5.41) is 0. The summed E-state index contributed by atoms with van der Waals surface area (Å²) in [6, 6.07) is 15.2. The van der Waals surface area contributed by atoms with Gasteiger partial charge in [0.15, 0.2) is 0 Å². The normalized spacial score (nSPS) is 29.4. The molecule has 2 aromatic rings. The highest BCUT2D eigenvalue weighted by Gasteiger charge is 2.31. The minimum atomic E-state index is 0.00639. The van der Waals surface area contributed by atoms with Gasteiger partial charge in [0.05, 0.1) is 0 Å². The van der Waals surface area contributed by atoms with Crippen LogP contribution in [0.3, 0.4) is 0 Å². The van der Waals surface area contributed by atoms with Crippen LogP contribution in [0.2, 0.25) is 0 Å². The molecule has 3 fully saturated rings. The number of benzene rings is 2. The Morgan fingerprint density at radius 1 is 0.550 bits per heavy atom. The summed E-state index contributed by atoms with van der Waals surface area (Å²) in [6.07, 6.45) is 26.1. The summed E-state index contributed by atoms with van der Waals surface area (Å²) in [5.74, 6) is 4.99. The summed E-state index contributed by atoms with van der Waals surface area (Å²) in [4.78, 5) is 0. The molecule has 0 bridgehead atoms. The van der Waals surface area contributed by atoms with E-state index >= 15 is 4.39 Å². The van der Waals surface area contributed by atoms with Gasteiger partial charge in [-0.15, -0.1) is 0 Å². The van der Waals surface area contributed by atoms with Crippen LogP contribution in [0.1, 0.15) is 159 Å². The molecule has 2 aromatic carbocycles. The van der Waals surface area contributed by atoms with Gasteiger partial charge >= 0.3 is 0 Å². The molecule has 0 unspecified atom stereocenters. The first-order chi connectivity index (χ1) is 19.6. The van der Waals surface area contributed by atoms with E-state index in [1.54, 1.807) is 6.07 Å². The smallest absolute Gasteiger partial charge is 0.127 e. The van der Waals surface area contributed by atoms with E-state index in [0.29, 0.717) is 11.8 Å². The predicted molar refractivity (Wildman–Crippen MR) is 170 cm³/mol. The number of unbranched alkanes of at least 4 members (excludes halogenated alkanes) is 3. The largest absolute Gasteiger partial charge is 0.207 e. The van der Waals surface area contributed by atoms with Crippen LogP contribution in [0.5, 0.6) is 0 Å². The fourth-order valence-electron chi connectivity index (χ4n) is 8.80. The molecule has 3 saturated carbocycles. The Morgan fingerprint density at radius 2 is 1.07 bits per heavy atom. The highest BCUT2D eigenvalue weighted by atomic mass is 19.1. The molecule has 40 heavy (non-hydrogen) atoms. The van der Waals surface area contributed by atoms with E-state index in [1.165, 1.54) is 115 Å². The van der Waals surface area contributed by atoms with Crippen LogP contribution in [0.25, 0.3) is 11.1 Å². The molecule has 0 heterocycles. The lowest BCUT2D eigenvalue weighted by atomic mass is 9.68. The maximum Gasteiger partial charge on any atom is 0.127 e. The van der Waals surface area contributed by atoms with E-state index in [2.05, 4.69) is 50.2 Å². The average molecular weight is 545 g/mol. The van der Waals surface area contributed by atoms with E-state index in [4.69, 9.17) is 0 Å². The molecule has 0 radical (unpaired) electrons. The Labute approximate surface area is 245 Å². The van der Waals surface area contributed by atoms with Crippen molar-refractivity contribution in [3.05, 3.63) is 59.4 Å². The highest BCUT2D eigenvalue weighted by molar-refractivity contribution is 5.64. The van der Waals surface area contributed by atoms with Crippen LogP contribution in [0.15, 0.2) is 42.5 Å². The second-order valence-corrected chi connectivity index (χ2v) is 14.1. The molecule has 0 atom stereocenters. The third kappa shape index (κ3) is 7.80. The summed E-state index contributed by atoms with van der Waals surface area (Å²) < 4.78 is 15.3. The molecule has 0 aromatic heterocycles. The second-order valence-electron chi connectivity index (χ2n) is 14.1. The monoisotopic (exact) mass is 544 g/mol. The number of hydrogen-bond acceptors (Lipinski definition) is 0. The van der Waals surface area contributed by atoms with Crippen molar-refractivity contribution in [2.24, 2.45) is 23.7 Å². The lowest BCUT2D eigenvalue weighted by Gasteiger charge is -2.38. The molecule has 0 spiro atoms. The quantitative estimate of drug-likeness (QED) is 0.247. The van der Waals surface area contributed by atoms with E-state index in [0.717, 1.165) is 53.2 Å². The van der Waals surface area contributed by atoms with Gasteiger partial charge in [-0.3, -0.25) is 0 Å². The molecule has 0 N–H and O–H groups in total. The van der Waals surface area contributed by atoms with Crippen molar-refractivity contribution in [2.45, 2.75) is 148 Å². The van der Waals surface area contributed by atoms with Crippen LogP contribution in [0.4, 0.5) is 4.39 Å². The van der Waals surface area contributed by atoms with Crippen molar-refractivity contribution in [2.75, 3.05) is 0 Å². The Balaban J connectivity index is 1.09. The van der Waals surface area contributed by atoms with Crippen LogP contribution in [-0.4, -0.2) is 0 Å². The van der Waals surface area contributed by atoms with Crippen molar-refractivity contribution in [3.63, 3.8) is 0 Å². The minimum absolute atomic E-state index is 0.00639. The second kappa shape index (κ2) is 15.0. The van der Waals surface area contributed by atoms with Gasteiger partial charge in [0.2, 0.25) is 0 Å². The molecule has 0 saturated heterocycles. The fourth-order valence-corrected chi connectivity index (χ4v) is 8.80. The van der Waals surface area contributed by atoms with Crippen LogP contribution >= 0.6 is 0 Å². The fraction of sp³-hybridized carbons (Fsp3) is 0.692. The van der Waals surface area contributed by atoms with Gasteiger partial charge in [-0.1, -0.05) is 108 Å². The number of hydrogen-bond donors (Lipinski definition) is 0. The molecule has 0 aliphatic heterocycles. The summed E-state index contributed by atoms with van der Waals surface area (Å²) in [7, 11) is 0. The molecule has 0 nitrogen and oxygen atoms in total. The number of rotatable bonds is 11. The van der Waals surface area contributed by atoms with Gasteiger partial charge in [-0.2, -0.15) is 0 Å². The lowest BCUT2D eigenvalue weighted by Crippen LogP contribution is -2.25. The molecular formula is C39H57F. The van der Waals surface area contributed by atoms with Crippen molar-refractivity contribution in [1.29, 1.82) is 0 Å². The van der Waals surface area contributed by atoms with Gasteiger partial charge in [-0.25, -0.2) is 4.39 Å². The Bertz CT molecular complexity index is 998. The van der Waals surface area contributed by atoms with E-state index in [9.17, 15) is 0 Å². The molecular weight excluding hydrogens is 487 g/mol. The SMILES string of the molecule is CCCCCC1CCC(C2CCC(c3ccc(-c4ccc(C5CCC(CCCC)CC5)c(F)c4)cc3)CC2)CC1. The van der Waals surface area contributed by atoms with Crippen LogP contribution < -0.4 is 0 Å². The first-order valence-corrected chi connectivity index (χ1v) is 17.5. The third-order valence-electron chi connectivity index (χ3n) is 11.5. The van der Waals surface area contributed by atoms with Gasteiger partial charge < -0.3 is 0 Å². The Kier molecular flexibility index (Phi) is 11.2.